The Labute approximate surface area is 315 Å². The van der Waals surface area contributed by atoms with Crippen molar-refractivity contribution < 1.29 is 4.42 Å². The number of benzene rings is 8. The Morgan fingerprint density at radius 1 is 0.382 bits per heavy atom. The summed E-state index contributed by atoms with van der Waals surface area (Å²) in [6.07, 6.45) is 0. The van der Waals surface area contributed by atoms with Crippen LogP contribution in [0, 0.1) is 0 Å². The Balaban J connectivity index is 1.24. The van der Waals surface area contributed by atoms with E-state index in [1.165, 1.54) is 11.1 Å². The summed E-state index contributed by atoms with van der Waals surface area (Å²) >= 11 is 0. The van der Waals surface area contributed by atoms with Gasteiger partial charge in [0.15, 0.2) is 0 Å². The lowest BCUT2D eigenvalue weighted by Gasteiger charge is -2.12. The Kier molecular flexibility index (Phi) is 6.27. The topological polar surface area (TPSA) is 48.8 Å². The van der Waals surface area contributed by atoms with Crippen LogP contribution in [0.15, 0.2) is 186 Å². The van der Waals surface area contributed by atoms with E-state index in [1.807, 2.05) is 24.3 Å². The molecule has 0 atom stereocenters. The molecular formula is C50H30N4O. The molecule has 256 valence electrons. The molecule has 0 N–H and O–H groups in total. The van der Waals surface area contributed by atoms with E-state index in [2.05, 4.69) is 167 Å². The monoisotopic (exact) mass is 702 g/mol. The molecule has 5 nitrogen and oxygen atoms in total. The molecule has 0 radical (unpaired) electrons. The third-order valence-electron chi connectivity index (χ3n) is 11.1. The number of hydrogen-bond donors (Lipinski definition) is 0. The van der Waals surface area contributed by atoms with E-state index in [0.29, 0.717) is 5.95 Å². The fraction of sp³-hybridized carbons (Fsp3) is 0. The molecule has 0 bridgehead atoms. The van der Waals surface area contributed by atoms with Gasteiger partial charge in [-0.05, 0) is 65.7 Å². The third kappa shape index (κ3) is 4.35. The molecule has 0 unspecified atom stereocenters. The van der Waals surface area contributed by atoms with Crippen LogP contribution in [0.4, 0.5) is 0 Å². The van der Waals surface area contributed by atoms with Gasteiger partial charge in [0.2, 0.25) is 5.95 Å². The molecule has 0 aliphatic heterocycles. The molecule has 12 rings (SSSR count). The summed E-state index contributed by atoms with van der Waals surface area (Å²) in [6.45, 7) is 0. The molecule has 0 aliphatic carbocycles. The fourth-order valence-electron chi connectivity index (χ4n) is 8.72. The molecule has 0 saturated heterocycles. The molecule has 4 aromatic heterocycles. The largest absolute Gasteiger partial charge is 0.455 e. The summed E-state index contributed by atoms with van der Waals surface area (Å²) in [5.41, 5.74) is 12.3. The minimum Gasteiger partial charge on any atom is -0.455 e. The van der Waals surface area contributed by atoms with Gasteiger partial charge < -0.3 is 8.98 Å². The maximum Gasteiger partial charge on any atom is 0.235 e. The van der Waals surface area contributed by atoms with Crippen LogP contribution in [0.2, 0.25) is 0 Å². The van der Waals surface area contributed by atoms with Crippen LogP contribution in [-0.4, -0.2) is 19.1 Å². The first-order valence-corrected chi connectivity index (χ1v) is 18.6. The maximum absolute atomic E-state index is 6.75. The Morgan fingerprint density at radius 2 is 1.00 bits per heavy atom. The van der Waals surface area contributed by atoms with Crippen LogP contribution in [-0.2, 0) is 0 Å². The van der Waals surface area contributed by atoms with Crippen molar-refractivity contribution in [1.29, 1.82) is 0 Å². The predicted molar refractivity (Wildman–Crippen MR) is 226 cm³/mol. The highest BCUT2D eigenvalue weighted by Gasteiger charge is 2.25. The van der Waals surface area contributed by atoms with E-state index in [-0.39, 0.29) is 0 Å². The van der Waals surface area contributed by atoms with Crippen molar-refractivity contribution in [2.45, 2.75) is 0 Å². The smallest absolute Gasteiger partial charge is 0.235 e. The van der Waals surface area contributed by atoms with Gasteiger partial charge in [-0.1, -0.05) is 127 Å². The first-order chi connectivity index (χ1) is 27.3. The van der Waals surface area contributed by atoms with Gasteiger partial charge in [0, 0.05) is 43.6 Å². The average Bonchev–Trinajstić information content (AvgIpc) is 3.91. The summed E-state index contributed by atoms with van der Waals surface area (Å²) in [7, 11) is 0. The minimum atomic E-state index is 0.615. The molecule has 8 aromatic carbocycles. The van der Waals surface area contributed by atoms with Crippen molar-refractivity contribution in [1.82, 2.24) is 19.1 Å². The van der Waals surface area contributed by atoms with Crippen LogP contribution in [0.1, 0.15) is 0 Å². The lowest BCUT2D eigenvalue weighted by atomic mass is 10.1. The van der Waals surface area contributed by atoms with E-state index >= 15 is 0 Å². The molecule has 5 heteroatoms. The van der Waals surface area contributed by atoms with Gasteiger partial charge in [-0.2, -0.15) is 0 Å². The highest BCUT2D eigenvalue weighted by Crippen LogP contribution is 2.45. The zero-order valence-electron chi connectivity index (χ0n) is 29.5. The van der Waals surface area contributed by atoms with Crippen LogP contribution >= 0.6 is 0 Å². The Bertz CT molecular complexity index is 3470. The molecule has 0 spiro atoms. The van der Waals surface area contributed by atoms with E-state index in [4.69, 9.17) is 14.4 Å². The Morgan fingerprint density at radius 3 is 1.80 bits per heavy atom. The van der Waals surface area contributed by atoms with Crippen molar-refractivity contribution >= 4 is 76.5 Å². The molecular weight excluding hydrogens is 673 g/mol. The van der Waals surface area contributed by atoms with Gasteiger partial charge in [-0.25, -0.2) is 9.97 Å². The van der Waals surface area contributed by atoms with Crippen LogP contribution < -0.4 is 0 Å². The van der Waals surface area contributed by atoms with Crippen molar-refractivity contribution in [2.75, 3.05) is 0 Å². The fourth-order valence-corrected chi connectivity index (χ4v) is 8.72. The lowest BCUT2D eigenvalue weighted by molar-refractivity contribution is 0.673. The molecule has 4 heterocycles. The van der Waals surface area contributed by atoms with E-state index < -0.39 is 0 Å². The maximum atomic E-state index is 6.75. The highest BCUT2D eigenvalue weighted by molar-refractivity contribution is 6.30. The van der Waals surface area contributed by atoms with Gasteiger partial charge in [0.05, 0.1) is 38.7 Å². The number of nitrogens with zero attached hydrogens (tertiary/aromatic N) is 4. The van der Waals surface area contributed by atoms with Crippen LogP contribution in [0.5, 0.6) is 0 Å². The van der Waals surface area contributed by atoms with Gasteiger partial charge in [0.1, 0.15) is 11.2 Å². The summed E-state index contributed by atoms with van der Waals surface area (Å²) < 4.78 is 11.4. The average molecular weight is 703 g/mol. The summed E-state index contributed by atoms with van der Waals surface area (Å²) in [4.78, 5) is 10.8. The highest BCUT2D eigenvalue weighted by atomic mass is 16.3. The van der Waals surface area contributed by atoms with Crippen molar-refractivity contribution in [3.8, 4) is 34.0 Å². The lowest BCUT2D eigenvalue weighted by Crippen LogP contribution is -2.03. The van der Waals surface area contributed by atoms with E-state index in [1.54, 1.807) is 0 Å². The van der Waals surface area contributed by atoms with Gasteiger partial charge in [-0.15, -0.1) is 0 Å². The van der Waals surface area contributed by atoms with Crippen LogP contribution in [0.3, 0.4) is 0 Å². The standard InChI is InChI=1S/C50H30N4O/c1-3-13-31(14-4-1)32-23-25-34(26-24-32)53-41-21-11-8-19-38(41)45-42(53)30-28-39-46-43(29-27-36-35-17-9-12-22-44(35)55-49(36)46)54(48(39)45)50-51-40-20-10-7-18-37(40)47(52-50)33-15-5-2-6-16-33/h1-30H. The van der Waals surface area contributed by atoms with Crippen molar-refractivity contribution in [3.63, 3.8) is 0 Å². The Hall–Kier alpha value is -7.50. The molecule has 0 fully saturated rings. The number of hydrogen-bond acceptors (Lipinski definition) is 3. The van der Waals surface area contributed by atoms with Gasteiger partial charge in [0.25, 0.3) is 0 Å². The summed E-state index contributed by atoms with van der Waals surface area (Å²) in [5.74, 6) is 0.615. The molecule has 0 amide bonds. The molecule has 0 saturated carbocycles. The second kappa shape index (κ2) is 11.5. The number of aromatic nitrogens is 4. The summed E-state index contributed by atoms with van der Waals surface area (Å²) in [5, 5.41) is 7.64. The predicted octanol–water partition coefficient (Wildman–Crippen LogP) is 13.1. The first-order valence-electron chi connectivity index (χ1n) is 18.6. The number of para-hydroxylation sites is 3. The normalized spacial score (nSPS) is 12.0. The van der Waals surface area contributed by atoms with Gasteiger partial charge in [-0.3, -0.25) is 4.57 Å². The first kappa shape index (κ1) is 30.0. The molecule has 12 aromatic rings. The number of fused-ring (bicyclic) bond motifs is 12. The van der Waals surface area contributed by atoms with Crippen molar-refractivity contribution in [3.05, 3.63) is 182 Å². The van der Waals surface area contributed by atoms with Gasteiger partial charge >= 0.3 is 0 Å². The quantitative estimate of drug-likeness (QED) is 0.183. The second-order valence-corrected chi connectivity index (χ2v) is 14.1. The molecule has 55 heavy (non-hydrogen) atoms. The van der Waals surface area contributed by atoms with E-state index in [0.717, 1.165) is 93.4 Å². The van der Waals surface area contributed by atoms with Crippen molar-refractivity contribution in [2.24, 2.45) is 0 Å². The van der Waals surface area contributed by atoms with Crippen LogP contribution in [0.25, 0.3) is 110 Å². The molecule has 0 aliphatic rings. The second-order valence-electron chi connectivity index (χ2n) is 14.1. The van der Waals surface area contributed by atoms with E-state index in [9.17, 15) is 0 Å². The SMILES string of the molecule is c1ccc(-c2ccc(-n3c4ccccc4c4c3ccc3c5c6oc7ccccc7c6ccc5n(-c5nc(-c6ccccc6)c6ccccc6n5)c34)cc2)cc1. The summed E-state index contributed by atoms with van der Waals surface area (Å²) in [6, 6.07) is 64.1. The number of furan rings is 1. The number of rotatable bonds is 4. The zero-order chi connectivity index (χ0) is 36.0. The zero-order valence-corrected chi connectivity index (χ0v) is 29.5. The minimum absolute atomic E-state index is 0.615. The third-order valence-corrected chi connectivity index (χ3v) is 11.1.